The predicted octanol–water partition coefficient (Wildman–Crippen LogP) is 2.77. The molecule has 150 valence electrons. The number of hydrogen-bond acceptors (Lipinski definition) is 4. The number of benzene rings is 2. The van der Waals surface area contributed by atoms with Gasteiger partial charge >= 0.3 is 12.8 Å². The first-order valence-corrected chi connectivity index (χ1v) is 9.49. The Morgan fingerprint density at radius 2 is 1.66 bits per heavy atom. The van der Waals surface area contributed by atoms with E-state index in [0.717, 1.165) is 4.57 Å². The average molecular weight is 417 g/mol. The lowest BCUT2D eigenvalue weighted by Gasteiger charge is -2.32. The SMILES string of the molecule is CC1(C)OB(c2cccc(-n3c(=O)[nH]c4c(F)cccc4c3=O)c2Cl)OC1(C)C. The third kappa shape index (κ3) is 3.03. The van der Waals surface area contributed by atoms with Crippen molar-refractivity contribution in [3.8, 4) is 5.69 Å². The van der Waals surface area contributed by atoms with E-state index in [1.54, 1.807) is 18.2 Å². The van der Waals surface area contributed by atoms with Crippen LogP contribution in [0.15, 0.2) is 46.0 Å². The summed E-state index contributed by atoms with van der Waals surface area (Å²) in [6.07, 6.45) is 0. The number of aromatic amines is 1. The van der Waals surface area contributed by atoms with Crippen LogP contribution in [0.4, 0.5) is 4.39 Å². The Morgan fingerprint density at radius 1 is 1.03 bits per heavy atom. The van der Waals surface area contributed by atoms with Gasteiger partial charge < -0.3 is 14.3 Å². The van der Waals surface area contributed by atoms with Crippen LogP contribution in [0.5, 0.6) is 0 Å². The summed E-state index contributed by atoms with van der Waals surface area (Å²) >= 11 is 6.59. The van der Waals surface area contributed by atoms with Crippen molar-refractivity contribution in [2.45, 2.75) is 38.9 Å². The molecular formula is C20H19BClFN2O4. The molecule has 0 amide bonds. The summed E-state index contributed by atoms with van der Waals surface area (Å²) in [5.41, 5.74) is -2.10. The second-order valence-corrected chi connectivity index (χ2v) is 8.38. The van der Waals surface area contributed by atoms with Gasteiger partial charge in [0.2, 0.25) is 0 Å². The third-order valence-electron chi connectivity index (χ3n) is 5.64. The lowest BCUT2D eigenvalue weighted by molar-refractivity contribution is 0.00578. The van der Waals surface area contributed by atoms with Gasteiger partial charge in [-0.25, -0.2) is 13.8 Å². The first-order valence-electron chi connectivity index (χ1n) is 9.11. The highest BCUT2D eigenvalue weighted by Crippen LogP contribution is 2.37. The largest absolute Gasteiger partial charge is 0.496 e. The van der Waals surface area contributed by atoms with E-state index in [0.29, 0.717) is 5.46 Å². The standard InChI is InChI=1S/C20H19BClFN2O4/c1-19(2)20(3,4)29-21(28-19)12-8-6-10-14(15(12)22)25-17(26)11-7-5-9-13(23)16(11)24-18(25)27/h5-10H,1-4H3,(H,24,27). The van der Waals surface area contributed by atoms with E-state index >= 15 is 0 Å². The molecule has 0 spiro atoms. The summed E-state index contributed by atoms with van der Waals surface area (Å²) < 4.78 is 27.0. The number of para-hydroxylation sites is 1. The van der Waals surface area contributed by atoms with E-state index in [4.69, 9.17) is 20.9 Å². The number of aromatic nitrogens is 2. The van der Waals surface area contributed by atoms with Gasteiger partial charge in [-0.15, -0.1) is 0 Å². The molecule has 1 aliphatic rings. The molecule has 0 unspecified atom stereocenters. The van der Waals surface area contributed by atoms with E-state index < -0.39 is 35.4 Å². The highest BCUT2D eigenvalue weighted by molar-refractivity contribution is 6.66. The average Bonchev–Trinajstić information content (AvgIpc) is 2.85. The molecule has 0 atom stereocenters. The van der Waals surface area contributed by atoms with E-state index in [2.05, 4.69) is 4.98 Å². The Hall–Kier alpha value is -2.42. The Kier molecular flexibility index (Phi) is 4.49. The minimum Gasteiger partial charge on any atom is -0.399 e. The maximum absolute atomic E-state index is 14.0. The zero-order valence-electron chi connectivity index (χ0n) is 16.4. The van der Waals surface area contributed by atoms with E-state index in [1.807, 2.05) is 27.7 Å². The molecule has 29 heavy (non-hydrogen) atoms. The molecule has 0 aliphatic carbocycles. The van der Waals surface area contributed by atoms with Gasteiger partial charge in [-0.05, 0) is 45.9 Å². The number of nitrogens with zero attached hydrogens (tertiary/aromatic N) is 1. The Bertz CT molecular complexity index is 1240. The highest BCUT2D eigenvalue weighted by atomic mass is 35.5. The van der Waals surface area contributed by atoms with Crippen molar-refractivity contribution in [1.82, 2.24) is 9.55 Å². The number of H-pyrrole nitrogens is 1. The van der Waals surface area contributed by atoms with Gasteiger partial charge in [0.25, 0.3) is 5.56 Å². The molecule has 1 fully saturated rings. The number of nitrogens with one attached hydrogen (secondary N) is 1. The Labute approximate surface area is 171 Å². The van der Waals surface area contributed by atoms with Crippen LogP contribution in [0.3, 0.4) is 0 Å². The summed E-state index contributed by atoms with van der Waals surface area (Å²) in [5.74, 6) is -0.680. The second-order valence-electron chi connectivity index (χ2n) is 8.00. The molecule has 6 nitrogen and oxygen atoms in total. The summed E-state index contributed by atoms with van der Waals surface area (Å²) in [4.78, 5) is 28.0. The van der Waals surface area contributed by atoms with Gasteiger partial charge in [0.15, 0.2) is 0 Å². The number of hydrogen-bond donors (Lipinski definition) is 1. The maximum atomic E-state index is 14.0. The van der Waals surface area contributed by atoms with Crippen molar-refractivity contribution >= 4 is 35.1 Å². The molecule has 9 heteroatoms. The van der Waals surface area contributed by atoms with Crippen molar-refractivity contribution in [3.05, 3.63) is 68.1 Å². The van der Waals surface area contributed by atoms with Crippen molar-refractivity contribution < 1.29 is 13.7 Å². The van der Waals surface area contributed by atoms with Gasteiger partial charge in [0, 0.05) is 5.46 Å². The summed E-state index contributed by atoms with van der Waals surface area (Å²) in [5, 5.41) is 0.191. The van der Waals surface area contributed by atoms with Crippen molar-refractivity contribution in [1.29, 1.82) is 0 Å². The predicted molar refractivity (Wildman–Crippen MR) is 111 cm³/mol. The molecular weight excluding hydrogens is 397 g/mol. The van der Waals surface area contributed by atoms with E-state index in [9.17, 15) is 14.0 Å². The van der Waals surface area contributed by atoms with Crippen LogP contribution in [-0.4, -0.2) is 27.9 Å². The van der Waals surface area contributed by atoms with Crippen LogP contribution in [0.1, 0.15) is 27.7 Å². The number of halogens is 2. The zero-order chi connectivity index (χ0) is 21.1. The van der Waals surface area contributed by atoms with E-state index in [-0.39, 0.29) is 21.6 Å². The van der Waals surface area contributed by atoms with Crippen LogP contribution in [-0.2, 0) is 9.31 Å². The summed E-state index contributed by atoms with van der Waals surface area (Å²) in [7, 11) is -0.764. The molecule has 2 heterocycles. The third-order valence-corrected chi connectivity index (χ3v) is 6.05. The van der Waals surface area contributed by atoms with Gasteiger partial charge in [-0.1, -0.05) is 29.8 Å². The van der Waals surface area contributed by atoms with Crippen LogP contribution < -0.4 is 16.7 Å². The van der Waals surface area contributed by atoms with Crippen molar-refractivity contribution in [2.75, 3.05) is 0 Å². The van der Waals surface area contributed by atoms with Crippen LogP contribution >= 0.6 is 11.6 Å². The lowest BCUT2D eigenvalue weighted by Crippen LogP contribution is -2.41. The normalized spacial score (nSPS) is 17.8. The minimum atomic E-state index is -0.791. The smallest absolute Gasteiger partial charge is 0.399 e. The summed E-state index contributed by atoms with van der Waals surface area (Å²) in [6, 6.07) is 8.94. The first-order chi connectivity index (χ1) is 13.5. The molecule has 2 aromatic carbocycles. The van der Waals surface area contributed by atoms with Gasteiger partial charge in [-0.3, -0.25) is 4.79 Å². The molecule has 1 aromatic heterocycles. The molecule has 0 bridgehead atoms. The highest BCUT2D eigenvalue weighted by Gasteiger charge is 2.52. The topological polar surface area (TPSA) is 73.3 Å². The summed E-state index contributed by atoms with van der Waals surface area (Å²) in [6.45, 7) is 7.66. The molecule has 1 saturated heterocycles. The fourth-order valence-corrected chi connectivity index (χ4v) is 3.59. The van der Waals surface area contributed by atoms with Crippen molar-refractivity contribution in [3.63, 3.8) is 0 Å². The minimum absolute atomic E-state index is 0.0432. The van der Waals surface area contributed by atoms with Crippen LogP contribution in [0.25, 0.3) is 16.6 Å². The lowest BCUT2D eigenvalue weighted by atomic mass is 9.79. The molecule has 0 saturated carbocycles. The van der Waals surface area contributed by atoms with Crippen LogP contribution in [0.2, 0.25) is 5.02 Å². The van der Waals surface area contributed by atoms with Gasteiger partial charge in [0.05, 0.1) is 32.8 Å². The fourth-order valence-electron chi connectivity index (χ4n) is 3.29. The Balaban J connectivity index is 1.90. The molecule has 1 aliphatic heterocycles. The number of rotatable bonds is 2. The molecule has 3 aromatic rings. The molecule has 4 rings (SSSR count). The van der Waals surface area contributed by atoms with E-state index in [1.165, 1.54) is 18.2 Å². The van der Waals surface area contributed by atoms with Gasteiger partial charge in [-0.2, -0.15) is 0 Å². The first kappa shape index (κ1) is 19.9. The second kappa shape index (κ2) is 6.55. The Morgan fingerprint density at radius 3 is 2.31 bits per heavy atom. The monoisotopic (exact) mass is 416 g/mol. The van der Waals surface area contributed by atoms with Crippen LogP contribution in [0, 0.1) is 5.82 Å². The van der Waals surface area contributed by atoms with Crippen molar-refractivity contribution in [2.24, 2.45) is 0 Å². The van der Waals surface area contributed by atoms with Gasteiger partial charge in [0.1, 0.15) is 5.82 Å². The quantitative estimate of drug-likeness (QED) is 0.652. The number of fused-ring (bicyclic) bond motifs is 1. The molecule has 0 radical (unpaired) electrons. The fraction of sp³-hybridized carbons (Fsp3) is 0.300. The zero-order valence-corrected chi connectivity index (χ0v) is 17.1. The molecule has 1 N–H and O–H groups in total. The maximum Gasteiger partial charge on any atom is 0.496 e.